The number of aryl methyl sites for hydroxylation is 1. The Morgan fingerprint density at radius 1 is 1.17 bits per heavy atom. The fourth-order valence-electron chi connectivity index (χ4n) is 3.22. The first-order valence-corrected chi connectivity index (χ1v) is 7.23. The average Bonchev–Trinajstić information content (AvgIpc) is 2.38. The fraction of sp³-hybridized carbons (Fsp3) is 0.588. The van der Waals surface area contributed by atoms with Gasteiger partial charge in [-0.1, -0.05) is 49.1 Å². The molecule has 1 nitrogen and oxygen atoms in total. The van der Waals surface area contributed by atoms with Gasteiger partial charge in [0.1, 0.15) is 5.78 Å². The highest BCUT2D eigenvalue weighted by atomic mass is 16.1. The van der Waals surface area contributed by atoms with E-state index in [0.29, 0.717) is 24.0 Å². The Hall–Kier alpha value is -1.11. The third-order valence-corrected chi connectivity index (χ3v) is 4.23. The summed E-state index contributed by atoms with van der Waals surface area (Å²) < 4.78 is 0. The summed E-state index contributed by atoms with van der Waals surface area (Å²) in [7, 11) is 0. The van der Waals surface area contributed by atoms with Gasteiger partial charge in [-0.25, -0.2) is 0 Å². The van der Waals surface area contributed by atoms with Crippen molar-refractivity contribution in [3.05, 3.63) is 35.4 Å². The van der Waals surface area contributed by atoms with Crippen LogP contribution in [0.15, 0.2) is 24.3 Å². The first-order chi connectivity index (χ1) is 8.66. The normalized spacial score (nSPS) is 18.6. The predicted octanol–water partition coefficient (Wildman–Crippen LogP) is 4.64. The summed E-state index contributed by atoms with van der Waals surface area (Å²) >= 11 is 0. The summed E-state index contributed by atoms with van der Waals surface area (Å²) in [5, 5.41) is 0. The van der Waals surface area contributed by atoms with E-state index in [4.69, 9.17) is 0 Å². The zero-order chi connectivity index (χ0) is 13.0. The summed E-state index contributed by atoms with van der Waals surface area (Å²) in [6.45, 7) is 3.84. The van der Waals surface area contributed by atoms with Crippen LogP contribution in [0, 0.1) is 12.8 Å². The van der Waals surface area contributed by atoms with Gasteiger partial charge < -0.3 is 4.79 Å². The third kappa shape index (κ3) is 3.44. The van der Waals surface area contributed by atoms with E-state index in [9.17, 15) is 4.79 Å². The molecule has 2 rings (SSSR count). The number of ketones is 1. The number of benzene rings is 1. The van der Waals surface area contributed by atoms with Gasteiger partial charge in [0.05, 0.1) is 0 Å². The molecule has 0 N–H and O–H groups in total. The third-order valence-electron chi connectivity index (χ3n) is 4.23. The lowest BCUT2D eigenvalue weighted by molar-refractivity contribution is -0.117. The zero-order valence-electron chi connectivity index (χ0n) is 11.6. The highest BCUT2D eigenvalue weighted by Crippen LogP contribution is 2.38. The van der Waals surface area contributed by atoms with Crippen LogP contribution < -0.4 is 0 Å². The minimum atomic E-state index is 0.325. The second-order valence-corrected chi connectivity index (χ2v) is 5.82. The molecule has 1 saturated carbocycles. The van der Waals surface area contributed by atoms with Crippen molar-refractivity contribution >= 4 is 5.78 Å². The van der Waals surface area contributed by atoms with Crippen LogP contribution in [0.2, 0.25) is 0 Å². The van der Waals surface area contributed by atoms with Crippen molar-refractivity contribution in [1.29, 1.82) is 0 Å². The second kappa shape index (κ2) is 6.17. The SMILES string of the molecule is CC(=O)C[C@H](c1ccc(C)cc1)C1CCCCC1. The fourth-order valence-corrected chi connectivity index (χ4v) is 3.22. The molecule has 0 amide bonds. The summed E-state index contributed by atoms with van der Waals surface area (Å²) in [5.41, 5.74) is 2.66. The smallest absolute Gasteiger partial charge is 0.130 e. The van der Waals surface area contributed by atoms with Crippen molar-refractivity contribution in [3.8, 4) is 0 Å². The molecule has 0 heterocycles. The Kier molecular flexibility index (Phi) is 4.57. The van der Waals surface area contributed by atoms with Gasteiger partial charge in [0, 0.05) is 6.42 Å². The van der Waals surface area contributed by atoms with Crippen LogP contribution in [0.25, 0.3) is 0 Å². The van der Waals surface area contributed by atoms with E-state index in [-0.39, 0.29) is 0 Å². The van der Waals surface area contributed by atoms with Crippen molar-refractivity contribution in [3.63, 3.8) is 0 Å². The van der Waals surface area contributed by atoms with Crippen LogP contribution in [0.3, 0.4) is 0 Å². The van der Waals surface area contributed by atoms with Gasteiger partial charge in [-0.2, -0.15) is 0 Å². The van der Waals surface area contributed by atoms with Crippen LogP contribution in [-0.4, -0.2) is 5.78 Å². The molecule has 98 valence electrons. The lowest BCUT2D eigenvalue weighted by Gasteiger charge is -2.30. The summed E-state index contributed by atoms with van der Waals surface area (Å²) in [6.07, 6.45) is 7.36. The average molecular weight is 244 g/mol. The van der Waals surface area contributed by atoms with Crippen LogP contribution in [0.1, 0.15) is 62.5 Å². The van der Waals surface area contributed by atoms with Gasteiger partial charge in [-0.3, -0.25) is 0 Å². The van der Waals surface area contributed by atoms with Crippen molar-refractivity contribution in [2.75, 3.05) is 0 Å². The largest absolute Gasteiger partial charge is 0.300 e. The second-order valence-electron chi connectivity index (χ2n) is 5.82. The molecule has 0 bridgehead atoms. The van der Waals surface area contributed by atoms with E-state index in [1.54, 1.807) is 6.92 Å². The van der Waals surface area contributed by atoms with E-state index in [1.807, 2.05) is 0 Å². The first-order valence-electron chi connectivity index (χ1n) is 7.23. The lowest BCUT2D eigenvalue weighted by atomic mass is 9.75. The highest BCUT2D eigenvalue weighted by Gasteiger charge is 2.25. The Balaban J connectivity index is 2.17. The maximum absolute atomic E-state index is 11.5. The minimum absolute atomic E-state index is 0.325. The van der Waals surface area contributed by atoms with Gasteiger partial charge in [0.25, 0.3) is 0 Å². The van der Waals surface area contributed by atoms with Gasteiger partial charge in [-0.05, 0) is 44.1 Å². The molecule has 0 aromatic heterocycles. The standard InChI is InChI=1S/C17H24O/c1-13-8-10-16(11-9-13)17(12-14(2)18)15-6-4-3-5-7-15/h8-11,15,17H,3-7,12H2,1-2H3/t17-/m0/s1. The Morgan fingerprint density at radius 3 is 2.33 bits per heavy atom. The van der Waals surface area contributed by atoms with Crippen LogP contribution in [0.5, 0.6) is 0 Å². The van der Waals surface area contributed by atoms with Crippen molar-refractivity contribution in [2.45, 2.75) is 58.3 Å². The number of hydrogen-bond acceptors (Lipinski definition) is 1. The first kappa shape index (κ1) is 13.3. The van der Waals surface area contributed by atoms with E-state index >= 15 is 0 Å². The topological polar surface area (TPSA) is 17.1 Å². The molecule has 0 spiro atoms. The van der Waals surface area contributed by atoms with Gasteiger partial charge in [0.15, 0.2) is 0 Å². The number of hydrogen-bond donors (Lipinski definition) is 0. The van der Waals surface area contributed by atoms with Gasteiger partial charge in [0.2, 0.25) is 0 Å². The molecule has 0 saturated heterocycles. The number of carbonyl (C=O) groups excluding carboxylic acids is 1. The monoisotopic (exact) mass is 244 g/mol. The highest BCUT2D eigenvalue weighted by molar-refractivity contribution is 5.76. The molecule has 1 aromatic rings. The molecule has 1 atom stereocenters. The van der Waals surface area contributed by atoms with E-state index in [2.05, 4.69) is 31.2 Å². The van der Waals surface area contributed by atoms with Gasteiger partial charge >= 0.3 is 0 Å². The lowest BCUT2D eigenvalue weighted by Crippen LogP contribution is -2.18. The molecule has 1 aromatic carbocycles. The molecule has 0 radical (unpaired) electrons. The minimum Gasteiger partial charge on any atom is -0.300 e. The van der Waals surface area contributed by atoms with Crippen LogP contribution in [-0.2, 0) is 4.79 Å². The zero-order valence-corrected chi connectivity index (χ0v) is 11.6. The van der Waals surface area contributed by atoms with Crippen molar-refractivity contribution in [2.24, 2.45) is 5.92 Å². The van der Waals surface area contributed by atoms with Crippen LogP contribution in [0.4, 0.5) is 0 Å². The molecule has 18 heavy (non-hydrogen) atoms. The van der Waals surface area contributed by atoms with E-state index in [0.717, 1.165) is 0 Å². The Morgan fingerprint density at radius 2 is 1.78 bits per heavy atom. The molecule has 1 aliphatic rings. The summed E-state index contributed by atoms with van der Waals surface area (Å²) in [5.74, 6) is 1.49. The Bertz CT molecular complexity index is 385. The summed E-state index contributed by atoms with van der Waals surface area (Å²) in [6, 6.07) is 8.78. The predicted molar refractivity (Wildman–Crippen MR) is 75.8 cm³/mol. The molecule has 1 aliphatic carbocycles. The molecule has 1 fully saturated rings. The quantitative estimate of drug-likeness (QED) is 0.754. The molecular weight excluding hydrogens is 220 g/mol. The van der Waals surface area contributed by atoms with Crippen molar-refractivity contribution < 1.29 is 4.79 Å². The maximum Gasteiger partial charge on any atom is 0.130 e. The number of carbonyl (C=O) groups is 1. The molecule has 0 unspecified atom stereocenters. The van der Waals surface area contributed by atoms with E-state index < -0.39 is 0 Å². The van der Waals surface area contributed by atoms with Gasteiger partial charge in [-0.15, -0.1) is 0 Å². The molecule has 0 aliphatic heterocycles. The summed E-state index contributed by atoms with van der Waals surface area (Å²) in [4.78, 5) is 11.5. The Labute approximate surface area is 111 Å². The number of rotatable bonds is 4. The molecular formula is C17H24O. The van der Waals surface area contributed by atoms with Crippen LogP contribution >= 0.6 is 0 Å². The van der Waals surface area contributed by atoms with E-state index in [1.165, 1.54) is 43.2 Å². The molecule has 1 heteroatoms. The van der Waals surface area contributed by atoms with Crippen molar-refractivity contribution in [1.82, 2.24) is 0 Å². The number of Topliss-reactive ketones (excluding diaryl/α,β-unsaturated/α-hetero) is 1. The maximum atomic E-state index is 11.5.